The predicted molar refractivity (Wildman–Crippen MR) is 88.3 cm³/mol. The molecule has 0 N–H and O–H groups in total. The number of nitrogens with zero attached hydrogens (tertiary/aromatic N) is 4. The number of rotatable bonds is 5. The Kier molecular flexibility index (Phi) is 4.84. The molecule has 0 aliphatic rings. The van der Waals surface area contributed by atoms with Gasteiger partial charge in [-0.05, 0) is 40.3 Å². The lowest BCUT2D eigenvalue weighted by Gasteiger charge is -2.06. The van der Waals surface area contributed by atoms with Gasteiger partial charge in [-0.2, -0.15) is 4.68 Å². The largest absolute Gasteiger partial charge is 0.207 e. The van der Waals surface area contributed by atoms with Crippen molar-refractivity contribution in [3.63, 3.8) is 0 Å². The van der Waals surface area contributed by atoms with Crippen LogP contribution in [0.2, 0.25) is 0 Å². The highest BCUT2D eigenvalue weighted by atomic mass is 79.9. The van der Waals surface area contributed by atoms with E-state index in [2.05, 4.69) is 31.5 Å². The third-order valence-electron chi connectivity index (χ3n) is 3.04. The molecule has 3 rings (SSSR count). The first-order valence-electron chi connectivity index (χ1n) is 6.58. The van der Waals surface area contributed by atoms with Gasteiger partial charge >= 0.3 is 0 Å². The van der Waals surface area contributed by atoms with Crippen molar-refractivity contribution in [3.8, 4) is 5.69 Å². The molecule has 1 heterocycles. The second-order valence-electron chi connectivity index (χ2n) is 4.57. The number of halogens is 2. The van der Waals surface area contributed by atoms with Crippen LogP contribution >= 0.6 is 27.7 Å². The second-order valence-corrected chi connectivity index (χ2v) is 6.41. The summed E-state index contributed by atoms with van der Waals surface area (Å²) in [5.74, 6) is 1.97. The predicted octanol–water partition coefficient (Wildman–Crippen LogP) is 4.00. The summed E-state index contributed by atoms with van der Waals surface area (Å²) in [6, 6.07) is 14.5. The zero-order chi connectivity index (χ0) is 15.4. The summed E-state index contributed by atoms with van der Waals surface area (Å²) in [7, 11) is 0. The molecule has 0 fully saturated rings. The molecule has 0 aliphatic heterocycles. The molecular weight excluding hydrogens is 367 g/mol. The summed E-state index contributed by atoms with van der Waals surface area (Å²) in [4.78, 5) is 0. The normalized spacial score (nSPS) is 10.8. The summed E-state index contributed by atoms with van der Waals surface area (Å²) in [5, 5.41) is 11.8. The molecule has 2 aromatic carbocycles. The van der Waals surface area contributed by atoms with Gasteiger partial charge in [0.1, 0.15) is 5.82 Å². The van der Waals surface area contributed by atoms with E-state index in [0.717, 1.165) is 27.3 Å². The van der Waals surface area contributed by atoms with Crippen LogP contribution in [0.15, 0.2) is 53.0 Å². The van der Waals surface area contributed by atoms with E-state index in [1.165, 1.54) is 12.1 Å². The fourth-order valence-corrected chi connectivity index (χ4v) is 3.57. The molecule has 0 radical (unpaired) electrons. The van der Waals surface area contributed by atoms with Crippen LogP contribution in [0.5, 0.6) is 0 Å². The molecule has 0 amide bonds. The number of aromatic nitrogens is 4. The lowest BCUT2D eigenvalue weighted by atomic mass is 10.2. The average molecular weight is 379 g/mol. The second kappa shape index (κ2) is 7.02. The first-order chi connectivity index (χ1) is 10.7. The maximum absolute atomic E-state index is 13.1. The van der Waals surface area contributed by atoms with Crippen molar-refractivity contribution < 1.29 is 4.39 Å². The Bertz CT molecular complexity index is 763. The quantitative estimate of drug-likeness (QED) is 0.672. The monoisotopic (exact) mass is 378 g/mol. The zero-order valence-electron chi connectivity index (χ0n) is 11.5. The van der Waals surface area contributed by atoms with E-state index in [9.17, 15) is 4.39 Å². The first kappa shape index (κ1) is 15.2. The van der Waals surface area contributed by atoms with E-state index >= 15 is 0 Å². The van der Waals surface area contributed by atoms with Gasteiger partial charge in [-0.15, -0.1) is 16.9 Å². The number of para-hydroxylation sites is 1. The van der Waals surface area contributed by atoms with Crippen LogP contribution in [0.1, 0.15) is 11.4 Å². The summed E-state index contributed by atoms with van der Waals surface area (Å²) in [6.07, 6.45) is 0. The highest BCUT2D eigenvalue weighted by Crippen LogP contribution is 2.24. The lowest BCUT2D eigenvalue weighted by Crippen LogP contribution is -2.02. The molecule has 0 spiro atoms. The van der Waals surface area contributed by atoms with E-state index < -0.39 is 0 Å². The Balaban J connectivity index is 1.67. The van der Waals surface area contributed by atoms with Crippen molar-refractivity contribution in [2.75, 3.05) is 0 Å². The Morgan fingerprint density at radius 2 is 1.91 bits per heavy atom. The molecular formula is C15H12BrFN4S. The van der Waals surface area contributed by atoms with E-state index in [1.807, 2.05) is 30.3 Å². The molecule has 0 saturated heterocycles. The smallest absolute Gasteiger partial charge is 0.166 e. The summed E-state index contributed by atoms with van der Waals surface area (Å²) in [5.41, 5.74) is 1.98. The topological polar surface area (TPSA) is 43.6 Å². The van der Waals surface area contributed by atoms with Crippen LogP contribution in [-0.4, -0.2) is 20.2 Å². The first-order valence-corrected chi connectivity index (χ1v) is 8.53. The van der Waals surface area contributed by atoms with Crippen LogP contribution in [0.4, 0.5) is 4.39 Å². The van der Waals surface area contributed by atoms with E-state index in [4.69, 9.17) is 0 Å². The van der Waals surface area contributed by atoms with Gasteiger partial charge < -0.3 is 0 Å². The number of tetrazole rings is 1. The van der Waals surface area contributed by atoms with Crippen LogP contribution < -0.4 is 0 Å². The van der Waals surface area contributed by atoms with Crippen molar-refractivity contribution in [3.05, 3.63) is 70.2 Å². The maximum Gasteiger partial charge on any atom is 0.166 e. The minimum atomic E-state index is -0.242. The van der Waals surface area contributed by atoms with E-state index in [0.29, 0.717) is 5.75 Å². The van der Waals surface area contributed by atoms with Crippen molar-refractivity contribution in [1.29, 1.82) is 0 Å². The third-order valence-corrected chi connectivity index (χ3v) is 4.75. The molecule has 4 nitrogen and oxygen atoms in total. The molecule has 7 heteroatoms. The van der Waals surface area contributed by atoms with Gasteiger partial charge in [0.15, 0.2) is 5.82 Å². The fraction of sp³-hybridized carbons (Fsp3) is 0.133. The van der Waals surface area contributed by atoms with Gasteiger partial charge in [0.05, 0.1) is 11.4 Å². The van der Waals surface area contributed by atoms with Gasteiger partial charge in [-0.3, -0.25) is 0 Å². The van der Waals surface area contributed by atoms with E-state index in [1.54, 1.807) is 22.5 Å². The van der Waals surface area contributed by atoms with Gasteiger partial charge in [0.25, 0.3) is 0 Å². The summed E-state index contributed by atoms with van der Waals surface area (Å²) < 4.78 is 15.6. The Hall–Kier alpha value is -1.73. The Morgan fingerprint density at radius 1 is 1.09 bits per heavy atom. The molecule has 0 unspecified atom stereocenters. The van der Waals surface area contributed by atoms with Crippen LogP contribution in [-0.2, 0) is 11.5 Å². The number of benzene rings is 2. The van der Waals surface area contributed by atoms with Crippen molar-refractivity contribution in [2.45, 2.75) is 11.5 Å². The lowest BCUT2D eigenvalue weighted by molar-refractivity contribution is 0.626. The summed E-state index contributed by atoms with van der Waals surface area (Å²) >= 11 is 5.06. The minimum Gasteiger partial charge on any atom is -0.207 e. The highest BCUT2D eigenvalue weighted by Gasteiger charge is 2.09. The van der Waals surface area contributed by atoms with Crippen molar-refractivity contribution in [1.82, 2.24) is 20.2 Å². The van der Waals surface area contributed by atoms with Crippen LogP contribution in [0, 0.1) is 5.82 Å². The Morgan fingerprint density at radius 3 is 2.68 bits per heavy atom. The average Bonchev–Trinajstić information content (AvgIpc) is 2.99. The maximum atomic E-state index is 13.1. The van der Waals surface area contributed by atoms with Crippen molar-refractivity contribution >= 4 is 27.7 Å². The molecule has 1 aromatic heterocycles. The molecule has 0 aliphatic carbocycles. The van der Waals surface area contributed by atoms with Gasteiger partial charge in [0, 0.05) is 10.2 Å². The standard InChI is InChI=1S/C15H12BrFN4S/c16-14-8-12(17)7-6-11(14)9-22-10-15-18-19-20-21(15)13-4-2-1-3-5-13/h1-8H,9-10H2. The number of hydrogen-bond donors (Lipinski definition) is 0. The fourth-order valence-electron chi connectivity index (χ4n) is 1.96. The molecule has 112 valence electrons. The van der Waals surface area contributed by atoms with Gasteiger partial charge in [0.2, 0.25) is 0 Å². The SMILES string of the molecule is Fc1ccc(CSCc2nnnn2-c2ccccc2)c(Br)c1. The minimum absolute atomic E-state index is 0.242. The number of hydrogen-bond acceptors (Lipinski definition) is 4. The van der Waals surface area contributed by atoms with E-state index in [-0.39, 0.29) is 5.82 Å². The van der Waals surface area contributed by atoms with Crippen LogP contribution in [0.3, 0.4) is 0 Å². The number of thioether (sulfide) groups is 1. The molecule has 3 aromatic rings. The molecule has 22 heavy (non-hydrogen) atoms. The molecule has 0 atom stereocenters. The molecule has 0 bridgehead atoms. The Labute approximate surface area is 139 Å². The highest BCUT2D eigenvalue weighted by molar-refractivity contribution is 9.10. The van der Waals surface area contributed by atoms with Gasteiger partial charge in [-0.25, -0.2) is 4.39 Å². The molecule has 0 saturated carbocycles. The van der Waals surface area contributed by atoms with Crippen LogP contribution in [0.25, 0.3) is 5.69 Å². The third kappa shape index (κ3) is 3.53. The van der Waals surface area contributed by atoms with Crippen molar-refractivity contribution in [2.24, 2.45) is 0 Å². The zero-order valence-corrected chi connectivity index (χ0v) is 13.9. The van der Waals surface area contributed by atoms with Gasteiger partial charge in [-0.1, -0.05) is 40.2 Å². The summed E-state index contributed by atoms with van der Waals surface area (Å²) in [6.45, 7) is 0.